The van der Waals surface area contributed by atoms with Gasteiger partial charge in [0.1, 0.15) is 0 Å². The highest BCUT2D eigenvalue weighted by atomic mass is 14.3. The van der Waals surface area contributed by atoms with Crippen molar-refractivity contribution < 1.29 is 0 Å². The maximum Gasteiger partial charge on any atom is 0.0998 e. The van der Waals surface area contributed by atoms with Crippen molar-refractivity contribution in [2.75, 3.05) is 0 Å². The van der Waals surface area contributed by atoms with E-state index in [2.05, 4.69) is 161 Å². The van der Waals surface area contributed by atoms with Crippen LogP contribution in [0.4, 0.5) is 0 Å². The Bertz CT molecular complexity index is 4240. The SMILES string of the molecule is CC(C)c1cc(C#N)c(-c2c3cc4c(cc3c(-c3cc(C#N)c(C(C)C)cc3C#N)c3c5cc6ccccc6c6cccc(c23)c65)c2cccc3c5ccccc5cc4c32)cc1C#N. The van der Waals surface area contributed by atoms with Gasteiger partial charge in [0.25, 0.3) is 0 Å². The number of nitrogens with zero attached hydrogens (tertiary/aromatic N) is 4. The third-order valence-electron chi connectivity index (χ3n) is 14.0. The highest BCUT2D eigenvalue weighted by molar-refractivity contribution is 6.44. The molecule has 4 heteroatoms. The molecule has 296 valence electrons. The highest BCUT2D eigenvalue weighted by Crippen LogP contribution is 2.55. The first-order valence-electron chi connectivity index (χ1n) is 21.8. The second-order valence-corrected chi connectivity index (χ2v) is 17.9. The van der Waals surface area contributed by atoms with Crippen molar-refractivity contribution in [3.05, 3.63) is 167 Å². The molecule has 0 spiro atoms. The van der Waals surface area contributed by atoms with E-state index in [9.17, 15) is 21.0 Å². The van der Waals surface area contributed by atoms with Crippen LogP contribution in [0.1, 0.15) is 72.9 Å². The lowest BCUT2D eigenvalue weighted by Crippen LogP contribution is -2.00. The Morgan fingerprint density at radius 3 is 1.19 bits per heavy atom. The van der Waals surface area contributed by atoms with Gasteiger partial charge in [-0.15, -0.1) is 0 Å². The van der Waals surface area contributed by atoms with Crippen LogP contribution in [-0.2, 0) is 0 Å². The summed E-state index contributed by atoms with van der Waals surface area (Å²) in [6, 6.07) is 57.1. The van der Waals surface area contributed by atoms with E-state index in [4.69, 9.17) is 0 Å². The molecule has 0 radical (unpaired) electrons. The second-order valence-electron chi connectivity index (χ2n) is 17.9. The summed E-state index contributed by atoms with van der Waals surface area (Å²) in [5.74, 6) is 0.0472. The molecule has 12 rings (SSSR count). The molecule has 0 aliphatic carbocycles. The normalized spacial score (nSPS) is 12.0. The standard InChI is InChI=1S/C60H36N4/c1-31(2)45-21-37(29-63)47(23-35(45)27-61)57-53-26-50-49(43-17-9-15-41-39-13-7-5-11-33(39)19-51(50)55(41)43)25-52(53)58(48-24-36(28-62)46(32(3)4)22-38(48)30-64)60-54-20-34-12-6-8-14-40(34)42-16-10-18-44(56(42)54)59(57)60/h5-26,31-32H,1-4H3. The number of rotatable bonds is 4. The molecule has 0 bridgehead atoms. The van der Waals surface area contributed by atoms with E-state index in [-0.39, 0.29) is 11.8 Å². The lowest BCUT2D eigenvalue weighted by molar-refractivity contribution is 0.862. The molecule has 0 aromatic heterocycles. The van der Waals surface area contributed by atoms with Crippen LogP contribution in [-0.4, -0.2) is 0 Å². The fourth-order valence-corrected chi connectivity index (χ4v) is 11.2. The van der Waals surface area contributed by atoms with Crippen LogP contribution in [0, 0.1) is 45.3 Å². The van der Waals surface area contributed by atoms with E-state index in [0.717, 1.165) is 103 Å². The van der Waals surface area contributed by atoms with Gasteiger partial charge in [-0.1, -0.05) is 113 Å². The molecule has 0 fully saturated rings. The Labute approximate surface area is 369 Å². The number of hydrogen-bond donors (Lipinski definition) is 0. The van der Waals surface area contributed by atoms with Crippen molar-refractivity contribution in [2.45, 2.75) is 39.5 Å². The smallest absolute Gasteiger partial charge is 0.0998 e. The van der Waals surface area contributed by atoms with E-state index in [0.29, 0.717) is 33.4 Å². The minimum absolute atomic E-state index is 0.0234. The van der Waals surface area contributed by atoms with Crippen molar-refractivity contribution in [1.82, 2.24) is 0 Å². The molecular formula is C60H36N4. The van der Waals surface area contributed by atoms with Gasteiger partial charge in [-0.05, 0) is 180 Å². The van der Waals surface area contributed by atoms with Gasteiger partial charge >= 0.3 is 0 Å². The predicted molar refractivity (Wildman–Crippen MR) is 264 cm³/mol. The predicted octanol–water partition coefficient (Wildman–Crippen LogP) is 16.0. The summed E-state index contributed by atoms with van der Waals surface area (Å²) in [4.78, 5) is 0. The zero-order valence-electron chi connectivity index (χ0n) is 35.6. The van der Waals surface area contributed by atoms with Crippen LogP contribution < -0.4 is 0 Å². The summed E-state index contributed by atoms with van der Waals surface area (Å²) in [5.41, 5.74) is 6.86. The first-order valence-corrected chi connectivity index (χ1v) is 21.8. The summed E-state index contributed by atoms with van der Waals surface area (Å²) >= 11 is 0. The van der Waals surface area contributed by atoms with Gasteiger partial charge in [0.05, 0.1) is 46.5 Å². The summed E-state index contributed by atoms with van der Waals surface area (Å²) in [7, 11) is 0. The van der Waals surface area contributed by atoms with Crippen molar-refractivity contribution in [3.63, 3.8) is 0 Å². The second kappa shape index (κ2) is 13.5. The summed E-state index contributed by atoms with van der Waals surface area (Å²) in [5, 5.41) is 63.2. The van der Waals surface area contributed by atoms with Gasteiger partial charge in [-0.25, -0.2) is 0 Å². The van der Waals surface area contributed by atoms with Gasteiger partial charge in [0, 0.05) is 11.1 Å². The molecule has 0 saturated carbocycles. The van der Waals surface area contributed by atoms with E-state index >= 15 is 0 Å². The molecule has 12 aromatic carbocycles. The molecule has 4 nitrogen and oxygen atoms in total. The number of benzene rings is 10. The van der Waals surface area contributed by atoms with E-state index in [1.807, 2.05) is 24.3 Å². The van der Waals surface area contributed by atoms with E-state index in [1.165, 1.54) is 16.2 Å². The molecule has 0 atom stereocenters. The van der Waals surface area contributed by atoms with Crippen LogP contribution in [0.5, 0.6) is 0 Å². The van der Waals surface area contributed by atoms with Crippen LogP contribution in [0.2, 0.25) is 0 Å². The van der Waals surface area contributed by atoms with Crippen molar-refractivity contribution >= 4 is 97.0 Å². The zero-order valence-corrected chi connectivity index (χ0v) is 35.6. The van der Waals surface area contributed by atoms with E-state index in [1.54, 1.807) is 0 Å². The quantitative estimate of drug-likeness (QED) is 0.165. The van der Waals surface area contributed by atoms with Gasteiger partial charge < -0.3 is 0 Å². The Hall–Kier alpha value is -8.54. The van der Waals surface area contributed by atoms with Gasteiger partial charge in [-0.2, -0.15) is 21.0 Å². The molecule has 0 amide bonds. The molecule has 0 N–H and O–H groups in total. The lowest BCUT2D eigenvalue weighted by Gasteiger charge is -2.20. The Morgan fingerprint density at radius 2 is 0.703 bits per heavy atom. The lowest BCUT2D eigenvalue weighted by atomic mass is 9.81. The fraction of sp³-hybridized carbons (Fsp3) is 0.100. The number of nitriles is 4. The first-order chi connectivity index (χ1) is 31.2. The molecule has 12 aromatic rings. The largest absolute Gasteiger partial charge is 0.192 e. The topological polar surface area (TPSA) is 95.2 Å². The summed E-state index contributed by atoms with van der Waals surface area (Å²) < 4.78 is 0. The molecule has 64 heavy (non-hydrogen) atoms. The van der Waals surface area contributed by atoms with Crippen LogP contribution in [0.15, 0.2) is 133 Å². The summed E-state index contributed by atoms with van der Waals surface area (Å²) in [6.07, 6.45) is 0. The fourth-order valence-electron chi connectivity index (χ4n) is 11.2. The molecular weight excluding hydrogens is 777 g/mol. The van der Waals surface area contributed by atoms with Gasteiger partial charge in [-0.3, -0.25) is 0 Å². The Morgan fingerprint density at radius 1 is 0.312 bits per heavy atom. The average molecular weight is 813 g/mol. The highest BCUT2D eigenvalue weighted by Gasteiger charge is 2.29. The van der Waals surface area contributed by atoms with Gasteiger partial charge in [0.15, 0.2) is 0 Å². The van der Waals surface area contributed by atoms with Gasteiger partial charge in [0.2, 0.25) is 0 Å². The average Bonchev–Trinajstić information content (AvgIpc) is 3.81. The minimum Gasteiger partial charge on any atom is -0.192 e. The van der Waals surface area contributed by atoms with Crippen LogP contribution in [0.3, 0.4) is 0 Å². The molecule has 0 heterocycles. The molecule has 0 aliphatic heterocycles. The number of fused-ring (bicyclic) bond motifs is 11. The van der Waals surface area contributed by atoms with Crippen molar-refractivity contribution in [3.8, 4) is 46.5 Å². The van der Waals surface area contributed by atoms with E-state index < -0.39 is 0 Å². The monoisotopic (exact) mass is 812 g/mol. The third kappa shape index (κ3) is 4.89. The maximum absolute atomic E-state index is 11.1. The Balaban J connectivity index is 1.43. The van der Waals surface area contributed by atoms with Crippen molar-refractivity contribution in [2.24, 2.45) is 0 Å². The molecule has 0 aliphatic rings. The Kier molecular flexibility index (Phi) is 7.84. The molecule has 0 unspecified atom stereocenters. The summed E-state index contributed by atoms with van der Waals surface area (Å²) in [6.45, 7) is 8.22. The first kappa shape index (κ1) is 37.2. The maximum atomic E-state index is 11.1. The van der Waals surface area contributed by atoms with Crippen molar-refractivity contribution in [1.29, 1.82) is 21.0 Å². The third-order valence-corrected chi connectivity index (χ3v) is 14.0. The number of hydrogen-bond acceptors (Lipinski definition) is 4. The zero-order chi connectivity index (χ0) is 43.7. The van der Waals surface area contributed by atoms with Crippen LogP contribution in [0.25, 0.3) is 119 Å². The van der Waals surface area contributed by atoms with Crippen LogP contribution >= 0.6 is 0 Å². The molecule has 0 saturated heterocycles. The minimum atomic E-state index is 0.0234.